The number of aromatic nitrogens is 3. The summed E-state index contributed by atoms with van der Waals surface area (Å²) in [6.45, 7) is 2.16. The SMILES string of the molecule is CCc1nc2ccccc2n1-c1ccc(-c2cccc(-c3cc4c(-c5ccc6ccccc6c5)nc5ccccc5c4c4ccccc34)c2)cc1. The van der Waals surface area contributed by atoms with E-state index in [1.165, 1.54) is 54.6 Å². The van der Waals surface area contributed by atoms with Gasteiger partial charge in [0.05, 0.1) is 22.2 Å². The maximum Gasteiger partial charge on any atom is 0.114 e. The van der Waals surface area contributed by atoms with Crippen molar-refractivity contribution in [3.8, 4) is 39.2 Å². The predicted octanol–water partition coefficient (Wildman–Crippen LogP) is 12.6. The minimum Gasteiger partial charge on any atom is -0.296 e. The summed E-state index contributed by atoms with van der Waals surface area (Å²) in [5.41, 5.74) is 11.2. The van der Waals surface area contributed by atoms with Crippen molar-refractivity contribution in [2.24, 2.45) is 0 Å². The van der Waals surface area contributed by atoms with E-state index in [9.17, 15) is 0 Å². The lowest BCUT2D eigenvalue weighted by Crippen LogP contribution is -1.99. The number of nitrogens with zero attached hydrogens (tertiary/aromatic N) is 3. The lowest BCUT2D eigenvalue weighted by molar-refractivity contribution is 0.908. The first-order chi connectivity index (χ1) is 25.2. The molecule has 0 saturated heterocycles. The fraction of sp³-hybridized carbons (Fsp3) is 0.0417. The molecule has 0 unspecified atom stereocenters. The minimum absolute atomic E-state index is 0.867. The van der Waals surface area contributed by atoms with Gasteiger partial charge in [-0.3, -0.25) is 4.57 Å². The van der Waals surface area contributed by atoms with E-state index in [2.05, 4.69) is 181 Å². The zero-order valence-corrected chi connectivity index (χ0v) is 28.2. The molecular formula is C48H33N3. The normalized spacial score (nSPS) is 11.7. The van der Waals surface area contributed by atoms with E-state index in [1.54, 1.807) is 0 Å². The quantitative estimate of drug-likeness (QED) is 0.173. The molecule has 0 N–H and O–H groups in total. The van der Waals surface area contributed by atoms with Gasteiger partial charge in [-0.2, -0.15) is 0 Å². The second-order valence-electron chi connectivity index (χ2n) is 13.3. The molecule has 0 radical (unpaired) electrons. The van der Waals surface area contributed by atoms with E-state index in [0.717, 1.165) is 51.1 Å². The van der Waals surface area contributed by atoms with Crippen molar-refractivity contribution < 1.29 is 0 Å². The van der Waals surface area contributed by atoms with E-state index in [1.807, 2.05) is 0 Å². The van der Waals surface area contributed by atoms with Gasteiger partial charge in [0, 0.05) is 33.8 Å². The van der Waals surface area contributed by atoms with Crippen LogP contribution in [0, 0.1) is 0 Å². The summed E-state index contributed by atoms with van der Waals surface area (Å²) in [6, 6.07) is 61.2. The average molecular weight is 652 g/mol. The Labute approximate surface area is 296 Å². The molecule has 51 heavy (non-hydrogen) atoms. The summed E-state index contributed by atoms with van der Waals surface area (Å²) in [4.78, 5) is 10.2. The molecule has 2 heterocycles. The van der Waals surface area contributed by atoms with Crippen LogP contribution in [0.1, 0.15) is 12.7 Å². The van der Waals surface area contributed by atoms with Crippen molar-refractivity contribution in [1.29, 1.82) is 0 Å². The van der Waals surface area contributed by atoms with Gasteiger partial charge in [0.1, 0.15) is 5.82 Å². The van der Waals surface area contributed by atoms with Crippen molar-refractivity contribution in [3.05, 3.63) is 176 Å². The Kier molecular flexibility index (Phi) is 6.78. The molecule has 3 nitrogen and oxygen atoms in total. The molecule has 10 aromatic rings. The molecule has 0 aliphatic rings. The Morgan fingerprint density at radius 2 is 1.14 bits per heavy atom. The number of fused-ring (bicyclic) bond motifs is 7. The summed E-state index contributed by atoms with van der Waals surface area (Å²) in [6.07, 6.45) is 0.867. The topological polar surface area (TPSA) is 30.7 Å². The van der Waals surface area contributed by atoms with Gasteiger partial charge in [-0.25, -0.2) is 9.97 Å². The van der Waals surface area contributed by atoms with Crippen LogP contribution < -0.4 is 0 Å². The Hall–Kier alpha value is -6.58. The van der Waals surface area contributed by atoms with Gasteiger partial charge in [0.25, 0.3) is 0 Å². The van der Waals surface area contributed by atoms with Crippen LogP contribution in [0.2, 0.25) is 0 Å². The maximum absolute atomic E-state index is 5.34. The van der Waals surface area contributed by atoms with Crippen molar-refractivity contribution in [1.82, 2.24) is 14.5 Å². The zero-order valence-electron chi connectivity index (χ0n) is 28.2. The number of hydrogen-bond donors (Lipinski definition) is 0. The number of benzene rings is 8. The van der Waals surface area contributed by atoms with E-state index < -0.39 is 0 Å². The number of aryl methyl sites for hydroxylation is 1. The van der Waals surface area contributed by atoms with Crippen LogP contribution in [0.15, 0.2) is 170 Å². The van der Waals surface area contributed by atoms with Crippen LogP contribution in [0.3, 0.4) is 0 Å². The molecule has 0 spiro atoms. The monoisotopic (exact) mass is 651 g/mol. The van der Waals surface area contributed by atoms with E-state index in [4.69, 9.17) is 9.97 Å². The highest BCUT2D eigenvalue weighted by Crippen LogP contribution is 2.42. The van der Waals surface area contributed by atoms with E-state index in [-0.39, 0.29) is 0 Å². The first-order valence-corrected chi connectivity index (χ1v) is 17.6. The molecule has 0 fully saturated rings. The Bertz CT molecular complexity index is 2950. The fourth-order valence-electron chi connectivity index (χ4n) is 7.88. The number of para-hydroxylation sites is 3. The summed E-state index contributed by atoms with van der Waals surface area (Å²) >= 11 is 0. The molecule has 240 valence electrons. The summed E-state index contributed by atoms with van der Waals surface area (Å²) < 4.78 is 2.28. The molecule has 0 saturated carbocycles. The van der Waals surface area contributed by atoms with E-state index >= 15 is 0 Å². The number of rotatable bonds is 5. The highest BCUT2D eigenvalue weighted by Gasteiger charge is 2.17. The second-order valence-corrected chi connectivity index (χ2v) is 13.3. The summed E-state index contributed by atoms with van der Waals surface area (Å²) in [7, 11) is 0. The average Bonchev–Trinajstić information content (AvgIpc) is 3.59. The molecule has 2 aromatic heterocycles. The number of pyridine rings is 1. The Morgan fingerprint density at radius 1 is 0.451 bits per heavy atom. The van der Waals surface area contributed by atoms with Crippen LogP contribution in [0.4, 0.5) is 0 Å². The maximum atomic E-state index is 5.34. The largest absolute Gasteiger partial charge is 0.296 e. The van der Waals surface area contributed by atoms with Gasteiger partial charge in [0.2, 0.25) is 0 Å². The third kappa shape index (κ3) is 4.81. The van der Waals surface area contributed by atoms with Gasteiger partial charge < -0.3 is 0 Å². The minimum atomic E-state index is 0.867. The van der Waals surface area contributed by atoms with Gasteiger partial charge in [-0.05, 0) is 92.3 Å². The molecule has 0 atom stereocenters. The third-order valence-corrected chi connectivity index (χ3v) is 10.3. The van der Waals surface area contributed by atoms with Crippen LogP contribution in [-0.2, 0) is 6.42 Å². The van der Waals surface area contributed by atoms with Crippen LogP contribution >= 0.6 is 0 Å². The number of hydrogen-bond acceptors (Lipinski definition) is 2. The van der Waals surface area contributed by atoms with Gasteiger partial charge >= 0.3 is 0 Å². The molecule has 10 rings (SSSR count). The summed E-state index contributed by atoms with van der Waals surface area (Å²) in [5.74, 6) is 1.07. The van der Waals surface area contributed by atoms with Crippen molar-refractivity contribution in [2.75, 3.05) is 0 Å². The molecule has 0 aliphatic carbocycles. The molecule has 3 heteroatoms. The van der Waals surface area contributed by atoms with Crippen molar-refractivity contribution >= 4 is 54.3 Å². The van der Waals surface area contributed by atoms with Gasteiger partial charge in [0.15, 0.2) is 0 Å². The molecule has 0 amide bonds. The van der Waals surface area contributed by atoms with E-state index in [0.29, 0.717) is 0 Å². The first kappa shape index (κ1) is 29.3. The van der Waals surface area contributed by atoms with Crippen LogP contribution in [0.5, 0.6) is 0 Å². The van der Waals surface area contributed by atoms with Crippen LogP contribution in [-0.4, -0.2) is 14.5 Å². The van der Waals surface area contributed by atoms with Gasteiger partial charge in [-0.15, -0.1) is 0 Å². The molecule has 0 bridgehead atoms. The first-order valence-electron chi connectivity index (χ1n) is 17.6. The molecular weight excluding hydrogens is 619 g/mol. The van der Waals surface area contributed by atoms with Crippen molar-refractivity contribution in [2.45, 2.75) is 13.3 Å². The summed E-state index contributed by atoms with van der Waals surface area (Å²) in [5, 5.41) is 8.49. The smallest absolute Gasteiger partial charge is 0.114 e. The Balaban J connectivity index is 1.15. The zero-order chi connectivity index (χ0) is 33.9. The third-order valence-electron chi connectivity index (χ3n) is 10.3. The molecule has 8 aromatic carbocycles. The predicted molar refractivity (Wildman–Crippen MR) is 215 cm³/mol. The van der Waals surface area contributed by atoms with Gasteiger partial charge in [-0.1, -0.05) is 128 Å². The highest BCUT2D eigenvalue weighted by molar-refractivity contribution is 6.25. The molecule has 0 aliphatic heterocycles. The number of imidazole rings is 1. The lowest BCUT2D eigenvalue weighted by Gasteiger charge is -2.17. The second kappa shape index (κ2) is 11.8. The lowest BCUT2D eigenvalue weighted by atomic mass is 9.89. The Morgan fingerprint density at radius 3 is 1.98 bits per heavy atom. The highest BCUT2D eigenvalue weighted by atomic mass is 15.1. The standard InChI is InChI=1S/C48H33N3/c1-2-46-49-44-20-9-10-21-45(44)51(46)37-26-24-32(25-27-37)34-14-11-15-35(28-34)41-30-42-47(39-17-6-5-16-38(39)41)40-18-7-8-19-43(40)50-48(42)36-23-22-31-12-3-4-13-33(31)29-36/h3-30H,2H2,1H3. The van der Waals surface area contributed by atoms with Crippen LogP contribution in [0.25, 0.3) is 93.5 Å². The fourth-order valence-corrected chi connectivity index (χ4v) is 7.88. The van der Waals surface area contributed by atoms with Crippen molar-refractivity contribution in [3.63, 3.8) is 0 Å².